The Morgan fingerprint density at radius 3 is 2.37 bits per heavy atom. The number of nitrogens with zero attached hydrogens (tertiary/aromatic N) is 3. The Bertz CT molecular complexity index is 1080. The molecule has 0 bridgehead atoms. The average Bonchev–Trinajstić information content (AvgIpc) is 2.72. The maximum Gasteiger partial charge on any atom is 0.409 e. The van der Waals surface area contributed by atoms with Gasteiger partial charge in [0.25, 0.3) is 10.0 Å². The number of ether oxygens (including phenoxy) is 1. The molecule has 1 aromatic carbocycles. The third kappa shape index (κ3) is 4.46. The zero-order chi connectivity index (χ0) is 21.9. The van der Waals surface area contributed by atoms with Crippen LogP contribution in [0.5, 0.6) is 5.75 Å². The highest BCUT2D eigenvalue weighted by atomic mass is 32.2. The molecule has 1 aliphatic heterocycles. The monoisotopic (exact) mass is 439 g/mol. The maximum atomic E-state index is 13.1. The van der Waals surface area contributed by atoms with Gasteiger partial charge in [0.15, 0.2) is 5.75 Å². The van der Waals surface area contributed by atoms with Crippen LogP contribution in [0.4, 0.5) is 9.18 Å². The number of pyridine rings is 1. The first-order valence-corrected chi connectivity index (χ1v) is 10.8. The minimum atomic E-state index is -4.28. The molecule has 2 heterocycles. The molecule has 1 amide bonds. The number of aromatic nitrogens is 1. The van der Waals surface area contributed by atoms with Gasteiger partial charge in [-0.05, 0) is 37.3 Å². The van der Waals surface area contributed by atoms with Gasteiger partial charge in [-0.1, -0.05) is 0 Å². The number of carbonyl (C=O) groups is 1. The highest BCUT2D eigenvalue weighted by Gasteiger charge is 2.25. The van der Waals surface area contributed by atoms with Crippen molar-refractivity contribution in [3.63, 3.8) is 0 Å². The lowest BCUT2D eigenvalue weighted by Gasteiger charge is -2.34. The number of carbonyl (C=O) groups excluding carboxylic acids is 1. The molecule has 0 atom stereocenters. The van der Waals surface area contributed by atoms with Crippen molar-refractivity contribution in [1.29, 1.82) is 0 Å². The predicted molar refractivity (Wildman–Crippen MR) is 105 cm³/mol. The second kappa shape index (κ2) is 8.84. The molecule has 0 spiro atoms. The summed E-state index contributed by atoms with van der Waals surface area (Å²) in [5.74, 6) is -1.28. The van der Waals surface area contributed by atoms with Crippen LogP contribution in [0.2, 0.25) is 0 Å². The summed E-state index contributed by atoms with van der Waals surface area (Å²) in [5, 5.41) is 10.3. The Morgan fingerprint density at radius 1 is 1.13 bits per heavy atom. The average molecular weight is 439 g/mol. The lowest BCUT2D eigenvalue weighted by Crippen LogP contribution is -2.48. The molecule has 11 heteroatoms. The fraction of sp³-hybridized carbons (Fsp3) is 0.368. The number of rotatable bonds is 5. The Kier molecular flexibility index (Phi) is 6.42. The third-order valence-corrected chi connectivity index (χ3v) is 6.45. The van der Waals surface area contributed by atoms with Gasteiger partial charge in [0.1, 0.15) is 5.82 Å². The molecule has 1 fully saturated rings. The molecule has 0 unspecified atom stereocenters. The summed E-state index contributed by atoms with van der Waals surface area (Å²) in [6.07, 6.45) is 0.693. The highest BCUT2D eigenvalue weighted by Crippen LogP contribution is 2.19. The minimum Gasteiger partial charge on any atom is -0.503 e. The fourth-order valence-electron chi connectivity index (χ4n) is 3.13. The maximum absolute atomic E-state index is 13.1. The quantitative estimate of drug-likeness (QED) is 0.746. The van der Waals surface area contributed by atoms with Gasteiger partial charge in [0, 0.05) is 44.5 Å². The van der Waals surface area contributed by atoms with Crippen LogP contribution >= 0.6 is 0 Å². The van der Waals surface area contributed by atoms with Crippen molar-refractivity contribution in [3.05, 3.63) is 58.3 Å². The van der Waals surface area contributed by atoms with E-state index < -0.39 is 27.1 Å². The van der Waals surface area contributed by atoms with Crippen molar-refractivity contribution in [1.82, 2.24) is 13.8 Å². The molecule has 0 aliphatic carbocycles. The molecule has 162 valence electrons. The number of hydrogen-bond acceptors (Lipinski definition) is 7. The third-order valence-electron chi connectivity index (χ3n) is 4.78. The van der Waals surface area contributed by atoms with Crippen molar-refractivity contribution >= 4 is 16.1 Å². The Hall–Kier alpha value is -2.92. The van der Waals surface area contributed by atoms with E-state index in [9.17, 15) is 27.5 Å². The molecular formula is C19H22FN3O6S. The van der Waals surface area contributed by atoms with Crippen LogP contribution in [0.3, 0.4) is 0 Å². The topological polar surface area (TPSA) is 109 Å². The lowest BCUT2D eigenvalue weighted by molar-refractivity contribution is 0.0776. The molecule has 1 saturated heterocycles. The fourth-order valence-corrected chi connectivity index (χ4v) is 4.36. The van der Waals surface area contributed by atoms with E-state index in [0.29, 0.717) is 36.8 Å². The Balaban J connectivity index is 1.75. The van der Waals surface area contributed by atoms with E-state index in [4.69, 9.17) is 4.74 Å². The van der Waals surface area contributed by atoms with E-state index in [1.54, 1.807) is 11.8 Å². The van der Waals surface area contributed by atoms with Gasteiger partial charge in [-0.25, -0.2) is 21.6 Å². The van der Waals surface area contributed by atoms with Gasteiger partial charge in [-0.3, -0.25) is 9.69 Å². The number of halogens is 1. The van der Waals surface area contributed by atoms with E-state index in [1.165, 1.54) is 6.07 Å². The molecule has 1 N–H and O–H groups in total. The summed E-state index contributed by atoms with van der Waals surface area (Å²) in [5.41, 5.74) is -0.808. The van der Waals surface area contributed by atoms with Crippen molar-refractivity contribution in [2.75, 3.05) is 32.8 Å². The van der Waals surface area contributed by atoms with Crippen LogP contribution in [0.1, 0.15) is 12.5 Å². The molecule has 1 aliphatic rings. The molecule has 9 nitrogen and oxygen atoms in total. The largest absolute Gasteiger partial charge is 0.503 e. The first-order chi connectivity index (χ1) is 14.2. The van der Waals surface area contributed by atoms with Crippen molar-refractivity contribution in [3.8, 4) is 5.75 Å². The summed E-state index contributed by atoms with van der Waals surface area (Å²) < 4.78 is 43.7. The number of hydrogen-bond donors (Lipinski definition) is 1. The zero-order valence-corrected chi connectivity index (χ0v) is 17.1. The van der Waals surface area contributed by atoms with Gasteiger partial charge in [0.05, 0.1) is 11.5 Å². The van der Waals surface area contributed by atoms with Crippen LogP contribution < -0.4 is 5.56 Å². The van der Waals surface area contributed by atoms with Gasteiger partial charge in [-0.2, -0.15) is 0 Å². The Labute approximate surface area is 173 Å². The van der Waals surface area contributed by atoms with E-state index in [2.05, 4.69) is 0 Å². The lowest BCUT2D eigenvalue weighted by atomic mass is 10.2. The summed E-state index contributed by atoms with van der Waals surface area (Å²) in [6, 6.07) is 5.40. The molecule has 1 aromatic heterocycles. The molecular weight excluding hydrogens is 417 g/mol. The molecule has 3 rings (SSSR count). The number of piperazine rings is 1. The normalized spacial score (nSPS) is 15.2. The summed E-state index contributed by atoms with van der Waals surface area (Å²) in [7, 11) is -4.28. The van der Waals surface area contributed by atoms with E-state index in [1.807, 2.05) is 4.90 Å². The second-order valence-electron chi connectivity index (χ2n) is 6.71. The minimum absolute atomic E-state index is 0.217. The van der Waals surface area contributed by atoms with Crippen molar-refractivity contribution < 1.29 is 27.4 Å². The molecule has 0 radical (unpaired) electrons. The molecule has 30 heavy (non-hydrogen) atoms. The van der Waals surface area contributed by atoms with E-state index in [0.717, 1.165) is 30.5 Å². The van der Waals surface area contributed by atoms with Gasteiger partial charge >= 0.3 is 11.7 Å². The first-order valence-electron chi connectivity index (χ1n) is 9.32. The van der Waals surface area contributed by atoms with Crippen LogP contribution in [-0.2, 0) is 21.3 Å². The smallest absolute Gasteiger partial charge is 0.409 e. The van der Waals surface area contributed by atoms with Crippen LogP contribution in [0.15, 0.2) is 46.2 Å². The number of benzene rings is 1. The molecule has 0 saturated carbocycles. The first kappa shape index (κ1) is 21.8. The second-order valence-corrected chi connectivity index (χ2v) is 8.53. The van der Waals surface area contributed by atoms with Crippen LogP contribution in [0, 0.1) is 5.82 Å². The summed E-state index contributed by atoms with van der Waals surface area (Å²) in [4.78, 5) is 27.5. The predicted octanol–water partition coefficient (Wildman–Crippen LogP) is 1.20. The SMILES string of the molecule is CCOC(=O)N1CCN(Cc2ccn(S(=O)(=O)c3ccc(F)cc3)c(=O)c2O)CC1. The summed E-state index contributed by atoms with van der Waals surface area (Å²) >= 11 is 0. The van der Waals surface area contributed by atoms with E-state index >= 15 is 0 Å². The van der Waals surface area contributed by atoms with Gasteiger partial charge in [-0.15, -0.1) is 0 Å². The van der Waals surface area contributed by atoms with Gasteiger partial charge < -0.3 is 14.7 Å². The van der Waals surface area contributed by atoms with Crippen LogP contribution in [0.25, 0.3) is 0 Å². The van der Waals surface area contributed by atoms with E-state index in [-0.39, 0.29) is 23.1 Å². The number of aromatic hydroxyl groups is 1. The van der Waals surface area contributed by atoms with Crippen LogP contribution in [-0.4, -0.2) is 66.2 Å². The zero-order valence-electron chi connectivity index (χ0n) is 16.3. The highest BCUT2D eigenvalue weighted by molar-refractivity contribution is 7.90. The van der Waals surface area contributed by atoms with Gasteiger partial charge in [0.2, 0.25) is 0 Å². The Morgan fingerprint density at radius 2 is 1.77 bits per heavy atom. The standard InChI is InChI=1S/C19H22FN3O6S/c1-2-29-19(26)22-11-9-21(10-12-22)13-14-7-8-23(18(25)17(14)24)30(27,28)16-5-3-15(20)4-6-16/h3-8,24H,2,9-13H2,1H3. The van der Waals surface area contributed by atoms with Crippen molar-refractivity contribution in [2.45, 2.75) is 18.4 Å². The van der Waals surface area contributed by atoms with Crippen molar-refractivity contribution in [2.24, 2.45) is 0 Å². The number of amides is 1. The summed E-state index contributed by atoms with van der Waals surface area (Å²) in [6.45, 7) is 4.14. The molecule has 2 aromatic rings.